The summed E-state index contributed by atoms with van der Waals surface area (Å²) >= 11 is 0. The Bertz CT molecular complexity index is 997. The number of nitrogens with one attached hydrogen (secondary N) is 1. The van der Waals surface area contributed by atoms with Crippen LogP contribution >= 0.6 is 0 Å². The molecule has 2 aromatic carbocycles. The second-order valence-electron chi connectivity index (χ2n) is 6.28. The molecule has 0 saturated heterocycles. The van der Waals surface area contributed by atoms with Crippen LogP contribution in [0.4, 0.5) is 0 Å². The minimum atomic E-state index is -1.11. The third-order valence-corrected chi connectivity index (χ3v) is 4.27. The number of carbonyl (C=O) groups is 3. The Kier molecular flexibility index (Phi) is 5.64. The zero-order chi connectivity index (χ0) is 20.1. The standard InChI is InChI=1S/C21H19N3O4/c1-13-17(19(28-24-13)15-10-6-3-7-11-15)21(27)23-16(18(25)20(22)26)12-14-8-4-2-5-9-14/h2-11,16H,12H2,1H3,(H2,22,26)(H,23,27). The third-order valence-electron chi connectivity index (χ3n) is 4.27. The molecule has 0 aliphatic heterocycles. The number of Topliss-reactive ketones (excluding diaryl/α,β-unsaturated/α-hetero) is 1. The molecule has 0 aliphatic carbocycles. The molecule has 3 N–H and O–H groups in total. The number of hydrogen-bond acceptors (Lipinski definition) is 5. The van der Waals surface area contributed by atoms with Crippen LogP contribution < -0.4 is 11.1 Å². The second-order valence-corrected chi connectivity index (χ2v) is 6.28. The highest BCUT2D eigenvalue weighted by molar-refractivity contribution is 6.38. The molecule has 7 nitrogen and oxygen atoms in total. The number of amides is 2. The van der Waals surface area contributed by atoms with Gasteiger partial charge in [0.05, 0.1) is 5.69 Å². The van der Waals surface area contributed by atoms with Gasteiger partial charge in [-0.15, -0.1) is 0 Å². The van der Waals surface area contributed by atoms with Gasteiger partial charge in [-0.05, 0) is 12.5 Å². The molecule has 1 atom stereocenters. The van der Waals surface area contributed by atoms with Crippen LogP contribution in [0.5, 0.6) is 0 Å². The van der Waals surface area contributed by atoms with E-state index in [2.05, 4.69) is 10.5 Å². The summed E-state index contributed by atoms with van der Waals surface area (Å²) in [6, 6.07) is 17.0. The first kappa shape index (κ1) is 19.0. The molecule has 1 heterocycles. The number of ketones is 1. The van der Waals surface area contributed by atoms with E-state index in [0.717, 1.165) is 5.56 Å². The molecule has 0 radical (unpaired) electrons. The number of aromatic nitrogens is 1. The Balaban J connectivity index is 1.89. The van der Waals surface area contributed by atoms with Crippen molar-refractivity contribution in [1.82, 2.24) is 10.5 Å². The molecule has 1 aromatic heterocycles. The number of hydrogen-bond donors (Lipinski definition) is 2. The zero-order valence-corrected chi connectivity index (χ0v) is 15.2. The maximum atomic E-state index is 12.9. The number of benzene rings is 2. The van der Waals surface area contributed by atoms with Crippen LogP contribution in [0.3, 0.4) is 0 Å². The van der Waals surface area contributed by atoms with Crippen molar-refractivity contribution in [3.63, 3.8) is 0 Å². The summed E-state index contributed by atoms with van der Waals surface area (Å²) in [6.45, 7) is 1.63. The monoisotopic (exact) mass is 377 g/mol. The van der Waals surface area contributed by atoms with Crippen molar-refractivity contribution in [2.45, 2.75) is 19.4 Å². The topological polar surface area (TPSA) is 115 Å². The summed E-state index contributed by atoms with van der Waals surface area (Å²) in [5.41, 5.74) is 7.21. The van der Waals surface area contributed by atoms with Gasteiger partial charge >= 0.3 is 0 Å². The van der Waals surface area contributed by atoms with E-state index in [-0.39, 0.29) is 12.0 Å². The van der Waals surface area contributed by atoms with E-state index >= 15 is 0 Å². The highest BCUT2D eigenvalue weighted by atomic mass is 16.5. The predicted octanol–water partition coefficient (Wildman–Crippen LogP) is 2.05. The first-order valence-corrected chi connectivity index (χ1v) is 8.67. The Morgan fingerprint density at radius 3 is 2.25 bits per heavy atom. The molecule has 7 heteroatoms. The maximum absolute atomic E-state index is 12.9. The fraction of sp³-hybridized carbons (Fsp3) is 0.143. The van der Waals surface area contributed by atoms with Gasteiger partial charge in [0.2, 0.25) is 5.78 Å². The van der Waals surface area contributed by atoms with Gasteiger partial charge in [0.25, 0.3) is 11.8 Å². The van der Waals surface area contributed by atoms with Gasteiger partial charge in [-0.25, -0.2) is 0 Å². The van der Waals surface area contributed by atoms with Gasteiger partial charge in [-0.2, -0.15) is 0 Å². The number of primary amides is 1. The molecule has 0 aliphatic rings. The van der Waals surface area contributed by atoms with Gasteiger partial charge in [0.15, 0.2) is 5.76 Å². The van der Waals surface area contributed by atoms with Crippen LogP contribution in [-0.4, -0.2) is 28.8 Å². The van der Waals surface area contributed by atoms with Crippen LogP contribution in [0.1, 0.15) is 21.6 Å². The molecule has 142 valence electrons. The Labute approximate surface area is 161 Å². The van der Waals surface area contributed by atoms with Gasteiger partial charge in [0.1, 0.15) is 11.6 Å². The van der Waals surface area contributed by atoms with Crippen LogP contribution in [0.2, 0.25) is 0 Å². The third kappa shape index (κ3) is 4.15. The minimum Gasteiger partial charge on any atom is -0.363 e. The minimum absolute atomic E-state index is 0.138. The summed E-state index contributed by atoms with van der Waals surface area (Å²) in [6.07, 6.45) is 0.138. The molecule has 0 saturated carbocycles. The molecule has 3 rings (SSSR count). The summed E-state index contributed by atoms with van der Waals surface area (Å²) in [5.74, 6) is -2.24. The fourth-order valence-electron chi connectivity index (χ4n) is 2.88. The number of rotatable bonds is 7. The average Bonchev–Trinajstić information content (AvgIpc) is 3.10. The maximum Gasteiger partial charge on any atom is 0.287 e. The van der Waals surface area contributed by atoms with E-state index in [1.807, 2.05) is 24.3 Å². The quantitative estimate of drug-likeness (QED) is 0.612. The summed E-state index contributed by atoms with van der Waals surface area (Å²) in [7, 11) is 0. The zero-order valence-electron chi connectivity index (χ0n) is 15.2. The summed E-state index contributed by atoms with van der Waals surface area (Å²) in [4.78, 5) is 36.6. The van der Waals surface area contributed by atoms with Gasteiger partial charge < -0.3 is 15.6 Å². The second kappa shape index (κ2) is 8.30. The summed E-state index contributed by atoms with van der Waals surface area (Å²) in [5, 5.41) is 6.48. The van der Waals surface area contributed by atoms with Crippen molar-refractivity contribution < 1.29 is 18.9 Å². The molecule has 0 bridgehead atoms. The Morgan fingerprint density at radius 1 is 1.04 bits per heavy atom. The van der Waals surface area contributed by atoms with E-state index in [9.17, 15) is 14.4 Å². The SMILES string of the molecule is Cc1noc(-c2ccccc2)c1C(=O)NC(Cc1ccccc1)C(=O)C(N)=O. The Morgan fingerprint density at radius 2 is 1.64 bits per heavy atom. The van der Waals surface area contributed by atoms with E-state index in [0.29, 0.717) is 17.0 Å². The van der Waals surface area contributed by atoms with Crippen LogP contribution in [0, 0.1) is 6.92 Å². The number of nitrogens with zero attached hydrogens (tertiary/aromatic N) is 1. The smallest absolute Gasteiger partial charge is 0.287 e. The van der Waals surface area contributed by atoms with Gasteiger partial charge in [0, 0.05) is 12.0 Å². The van der Waals surface area contributed by atoms with Crippen LogP contribution in [0.25, 0.3) is 11.3 Å². The molecular formula is C21H19N3O4. The van der Waals surface area contributed by atoms with Crippen molar-refractivity contribution in [2.24, 2.45) is 5.73 Å². The van der Waals surface area contributed by atoms with Crippen molar-refractivity contribution >= 4 is 17.6 Å². The molecule has 1 unspecified atom stereocenters. The molecular weight excluding hydrogens is 358 g/mol. The molecule has 0 fully saturated rings. The lowest BCUT2D eigenvalue weighted by atomic mass is 10.0. The van der Waals surface area contributed by atoms with Gasteiger partial charge in [-0.1, -0.05) is 65.8 Å². The molecule has 2 amide bonds. The average molecular weight is 377 g/mol. The van der Waals surface area contributed by atoms with E-state index in [1.165, 1.54) is 0 Å². The highest BCUT2D eigenvalue weighted by Crippen LogP contribution is 2.26. The molecule has 0 spiro atoms. The molecule has 28 heavy (non-hydrogen) atoms. The van der Waals surface area contributed by atoms with Gasteiger partial charge in [-0.3, -0.25) is 14.4 Å². The van der Waals surface area contributed by atoms with Crippen molar-refractivity contribution in [1.29, 1.82) is 0 Å². The van der Waals surface area contributed by atoms with Crippen LogP contribution in [-0.2, 0) is 16.0 Å². The van der Waals surface area contributed by atoms with E-state index in [1.54, 1.807) is 43.3 Å². The highest BCUT2D eigenvalue weighted by Gasteiger charge is 2.29. The number of carbonyl (C=O) groups excluding carboxylic acids is 3. The normalized spacial score (nSPS) is 11.6. The fourth-order valence-corrected chi connectivity index (χ4v) is 2.88. The lowest BCUT2D eigenvalue weighted by Gasteiger charge is -2.16. The molecule has 3 aromatic rings. The summed E-state index contributed by atoms with van der Waals surface area (Å²) < 4.78 is 5.32. The van der Waals surface area contributed by atoms with Crippen molar-refractivity contribution in [3.8, 4) is 11.3 Å². The van der Waals surface area contributed by atoms with Crippen molar-refractivity contribution in [3.05, 3.63) is 77.5 Å². The van der Waals surface area contributed by atoms with E-state index < -0.39 is 23.6 Å². The first-order valence-electron chi connectivity index (χ1n) is 8.67. The first-order chi connectivity index (χ1) is 13.5. The predicted molar refractivity (Wildman–Crippen MR) is 102 cm³/mol. The largest absolute Gasteiger partial charge is 0.363 e. The number of nitrogens with two attached hydrogens (primary N) is 1. The van der Waals surface area contributed by atoms with Crippen LogP contribution in [0.15, 0.2) is 65.2 Å². The Hall–Kier alpha value is -3.74. The van der Waals surface area contributed by atoms with E-state index in [4.69, 9.17) is 10.3 Å². The lowest BCUT2D eigenvalue weighted by molar-refractivity contribution is -0.137. The van der Waals surface area contributed by atoms with Crippen molar-refractivity contribution in [2.75, 3.05) is 0 Å². The number of aryl methyl sites for hydroxylation is 1. The lowest BCUT2D eigenvalue weighted by Crippen LogP contribution is -2.47.